The van der Waals surface area contributed by atoms with Crippen LogP contribution in [0.5, 0.6) is 0 Å². The zero-order chi connectivity index (χ0) is 12.7. The van der Waals surface area contributed by atoms with Gasteiger partial charge in [0.2, 0.25) is 0 Å². The fourth-order valence-corrected chi connectivity index (χ4v) is 0.808. The van der Waals surface area contributed by atoms with Crippen molar-refractivity contribution in [1.29, 1.82) is 0 Å². The molecule has 0 saturated carbocycles. The maximum Gasteiger partial charge on any atom is 0.432 e. The normalized spacial score (nSPS) is 16.3. The summed E-state index contributed by atoms with van der Waals surface area (Å²) in [4.78, 5) is 9.78. The lowest BCUT2D eigenvalue weighted by Gasteiger charge is -2.32. The molecule has 1 unspecified atom stereocenters. The Balaban J connectivity index is 5.53. The molecule has 0 fully saturated rings. The van der Waals surface area contributed by atoms with Gasteiger partial charge in [-0.05, 0) is 6.92 Å². The third-order valence-corrected chi connectivity index (χ3v) is 1.76. The van der Waals surface area contributed by atoms with E-state index in [1.165, 1.54) is 0 Å². The predicted molar refractivity (Wildman–Crippen MR) is 31.2 cm³/mol. The monoisotopic (exact) mass is 244 g/mol. The summed E-state index contributed by atoms with van der Waals surface area (Å²) in [5, 5.41) is 0. The van der Waals surface area contributed by atoms with Crippen molar-refractivity contribution in [3.8, 4) is 0 Å². The molecular weight excluding hydrogens is 240 g/mol. The van der Waals surface area contributed by atoms with E-state index in [0.29, 0.717) is 0 Å². The molecule has 0 rings (SSSR count). The molecule has 0 aromatic rings. The Morgan fingerprint density at radius 3 is 1.27 bits per heavy atom. The second-order valence-electron chi connectivity index (χ2n) is 2.73. The molecule has 0 amide bonds. The van der Waals surface area contributed by atoms with Crippen molar-refractivity contribution in [3.63, 3.8) is 0 Å². The quantitative estimate of drug-likeness (QED) is 0.539. The second kappa shape index (κ2) is 3.60. The first-order chi connectivity index (χ1) is 6.35. The SMILES string of the molecule is CC(C(=O)F)C(F)(C(F)(F)F)C(F)(F)F. The summed E-state index contributed by atoms with van der Waals surface area (Å²) in [6.07, 6.45) is -12.8. The van der Waals surface area contributed by atoms with E-state index in [1.54, 1.807) is 0 Å². The Bertz CT molecular complexity index is 237. The smallest absolute Gasteiger partial charge is 0.261 e. The molecule has 0 aromatic carbocycles. The molecule has 0 saturated heterocycles. The van der Waals surface area contributed by atoms with Crippen molar-refractivity contribution in [1.82, 2.24) is 0 Å². The van der Waals surface area contributed by atoms with E-state index in [0.717, 1.165) is 0 Å². The van der Waals surface area contributed by atoms with E-state index in [9.17, 15) is 39.9 Å². The number of hydrogen-bond donors (Lipinski definition) is 0. The molecule has 0 bridgehead atoms. The second-order valence-corrected chi connectivity index (χ2v) is 2.73. The van der Waals surface area contributed by atoms with Crippen molar-refractivity contribution in [2.75, 3.05) is 0 Å². The Morgan fingerprint density at radius 2 is 1.20 bits per heavy atom. The van der Waals surface area contributed by atoms with Gasteiger partial charge in [0.25, 0.3) is 0 Å². The number of carbonyl (C=O) groups is 1. The molecule has 0 aliphatic carbocycles. The van der Waals surface area contributed by atoms with E-state index >= 15 is 0 Å². The highest BCUT2D eigenvalue weighted by atomic mass is 19.4. The molecule has 0 N–H and O–H groups in total. The van der Waals surface area contributed by atoms with Gasteiger partial charge < -0.3 is 0 Å². The van der Waals surface area contributed by atoms with Crippen LogP contribution in [0.15, 0.2) is 0 Å². The third-order valence-electron chi connectivity index (χ3n) is 1.76. The molecule has 90 valence electrons. The Kier molecular flexibility index (Phi) is 3.39. The maximum absolute atomic E-state index is 12.7. The minimum absolute atomic E-state index is 0.122. The predicted octanol–water partition coefficient (Wildman–Crippen LogP) is 2.95. The number of hydrogen-bond acceptors (Lipinski definition) is 1. The van der Waals surface area contributed by atoms with E-state index in [2.05, 4.69) is 0 Å². The number of carbonyl (C=O) groups excluding carboxylic acids is 1. The minimum Gasteiger partial charge on any atom is -0.261 e. The summed E-state index contributed by atoms with van der Waals surface area (Å²) >= 11 is 0. The summed E-state index contributed by atoms with van der Waals surface area (Å²) in [6, 6.07) is -3.02. The first kappa shape index (κ1) is 14.1. The van der Waals surface area contributed by atoms with Crippen LogP contribution >= 0.6 is 0 Å². The average Bonchev–Trinajstić information content (AvgIpc) is 1.96. The molecule has 0 radical (unpaired) electrons. The van der Waals surface area contributed by atoms with Gasteiger partial charge in [0.1, 0.15) is 0 Å². The van der Waals surface area contributed by atoms with Crippen molar-refractivity contribution in [2.24, 2.45) is 5.92 Å². The molecule has 0 spiro atoms. The van der Waals surface area contributed by atoms with E-state index in [-0.39, 0.29) is 6.92 Å². The van der Waals surface area contributed by atoms with E-state index < -0.39 is 30.0 Å². The van der Waals surface area contributed by atoms with Crippen molar-refractivity contribution >= 4 is 6.04 Å². The van der Waals surface area contributed by atoms with E-state index in [1.807, 2.05) is 0 Å². The topological polar surface area (TPSA) is 17.1 Å². The lowest BCUT2D eigenvalue weighted by atomic mass is 9.90. The molecular formula is C6H4F8O. The third kappa shape index (κ3) is 2.20. The summed E-state index contributed by atoms with van der Waals surface area (Å²) < 4.78 is 95.3. The van der Waals surface area contributed by atoms with Gasteiger partial charge in [-0.25, -0.2) is 4.39 Å². The van der Waals surface area contributed by atoms with Crippen LogP contribution in [0.3, 0.4) is 0 Å². The van der Waals surface area contributed by atoms with Crippen LogP contribution in [0.2, 0.25) is 0 Å². The van der Waals surface area contributed by atoms with Crippen molar-refractivity contribution in [3.05, 3.63) is 0 Å². The molecule has 1 nitrogen and oxygen atoms in total. The van der Waals surface area contributed by atoms with Crippen molar-refractivity contribution < 1.29 is 39.9 Å². The highest BCUT2D eigenvalue weighted by Gasteiger charge is 2.76. The van der Waals surface area contributed by atoms with Crippen LogP contribution in [-0.4, -0.2) is 24.1 Å². The van der Waals surface area contributed by atoms with Crippen LogP contribution < -0.4 is 0 Å². The highest BCUT2D eigenvalue weighted by Crippen LogP contribution is 2.50. The van der Waals surface area contributed by atoms with Gasteiger partial charge in [0.05, 0.1) is 5.92 Å². The molecule has 1 atom stereocenters. The minimum atomic E-state index is -6.41. The lowest BCUT2D eigenvalue weighted by molar-refractivity contribution is -0.353. The molecule has 9 heteroatoms. The number of halogens is 8. The average molecular weight is 244 g/mol. The lowest BCUT2D eigenvalue weighted by Crippen LogP contribution is -2.59. The standard InChI is InChI=1S/C6H4F8O/c1-2(3(7)15)4(8,5(9,10)11)6(12,13)14/h2H,1H3. The van der Waals surface area contributed by atoms with Crippen LogP contribution in [0.4, 0.5) is 35.1 Å². The van der Waals surface area contributed by atoms with Gasteiger partial charge in [-0.1, -0.05) is 0 Å². The Labute approximate surface area is 78.0 Å². The Hall–Kier alpha value is -0.890. The van der Waals surface area contributed by atoms with Crippen LogP contribution in [0.1, 0.15) is 6.92 Å². The highest BCUT2D eigenvalue weighted by molar-refractivity contribution is 5.72. The maximum atomic E-state index is 12.7. The Morgan fingerprint density at radius 1 is 0.933 bits per heavy atom. The van der Waals surface area contributed by atoms with E-state index in [4.69, 9.17) is 0 Å². The van der Waals surface area contributed by atoms with Crippen LogP contribution in [-0.2, 0) is 4.79 Å². The molecule has 15 heavy (non-hydrogen) atoms. The largest absolute Gasteiger partial charge is 0.432 e. The number of rotatable bonds is 2. The van der Waals surface area contributed by atoms with Gasteiger partial charge in [0, 0.05) is 0 Å². The summed E-state index contributed by atoms with van der Waals surface area (Å²) in [6.45, 7) is -0.122. The molecule has 0 aliphatic rings. The fraction of sp³-hybridized carbons (Fsp3) is 0.833. The number of alkyl halides is 7. The van der Waals surface area contributed by atoms with Crippen LogP contribution in [0.25, 0.3) is 0 Å². The fourth-order valence-electron chi connectivity index (χ4n) is 0.808. The molecule has 0 aliphatic heterocycles. The first-order valence-electron chi connectivity index (χ1n) is 3.37. The molecule has 0 aromatic heterocycles. The summed E-state index contributed by atoms with van der Waals surface area (Å²) in [5.41, 5.74) is -5.87. The van der Waals surface area contributed by atoms with Gasteiger partial charge in [-0.3, -0.25) is 4.79 Å². The van der Waals surface area contributed by atoms with Gasteiger partial charge in [0.15, 0.2) is 0 Å². The molecule has 0 heterocycles. The summed E-state index contributed by atoms with van der Waals surface area (Å²) in [7, 11) is 0. The van der Waals surface area contributed by atoms with Gasteiger partial charge in [-0.15, -0.1) is 0 Å². The van der Waals surface area contributed by atoms with Gasteiger partial charge in [-0.2, -0.15) is 30.7 Å². The zero-order valence-electron chi connectivity index (χ0n) is 7.01. The summed E-state index contributed by atoms with van der Waals surface area (Å²) in [5.74, 6) is -3.49. The zero-order valence-corrected chi connectivity index (χ0v) is 7.01. The van der Waals surface area contributed by atoms with Gasteiger partial charge >= 0.3 is 24.1 Å². The van der Waals surface area contributed by atoms with Crippen molar-refractivity contribution in [2.45, 2.75) is 24.9 Å². The first-order valence-corrected chi connectivity index (χ1v) is 3.37. The van der Waals surface area contributed by atoms with Crippen LogP contribution in [0, 0.1) is 5.92 Å².